The van der Waals surface area contributed by atoms with Crippen LogP contribution in [-0.4, -0.2) is 34.1 Å². The summed E-state index contributed by atoms with van der Waals surface area (Å²) in [4.78, 5) is 19.8. The predicted octanol–water partition coefficient (Wildman–Crippen LogP) is 1.13. The van der Waals surface area contributed by atoms with Crippen molar-refractivity contribution in [2.24, 2.45) is 0 Å². The third kappa shape index (κ3) is 3.75. The molecule has 0 aliphatic heterocycles. The van der Waals surface area contributed by atoms with E-state index >= 15 is 0 Å². The van der Waals surface area contributed by atoms with Gasteiger partial charge in [0.25, 0.3) is 5.91 Å². The molecule has 0 spiro atoms. The van der Waals surface area contributed by atoms with Gasteiger partial charge in [0.05, 0.1) is 24.1 Å². The average Bonchev–Trinajstić information content (AvgIpc) is 2.47. The number of nitrogens with one attached hydrogen (secondary N) is 2. The van der Waals surface area contributed by atoms with Crippen molar-refractivity contribution >= 4 is 17.4 Å². The number of rotatable bonds is 5. The van der Waals surface area contributed by atoms with E-state index in [1.165, 1.54) is 6.20 Å². The highest BCUT2D eigenvalue weighted by Gasteiger charge is 2.05. The first-order chi connectivity index (χ1) is 9.29. The van der Waals surface area contributed by atoms with Crippen molar-refractivity contribution in [1.29, 1.82) is 0 Å². The molecule has 19 heavy (non-hydrogen) atoms. The second kappa shape index (κ2) is 6.46. The summed E-state index contributed by atoms with van der Waals surface area (Å²) in [6, 6.07) is 6.86. The normalized spacial score (nSPS) is 9.95. The van der Waals surface area contributed by atoms with E-state index in [4.69, 9.17) is 5.11 Å². The maximum atomic E-state index is 11.8. The number of aliphatic hydroxyl groups is 1. The topological polar surface area (TPSA) is 87.1 Å². The number of amides is 1. The van der Waals surface area contributed by atoms with Crippen LogP contribution in [0.2, 0.25) is 0 Å². The highest BCUT2D eigenvalue weighted by Crippen LogP contribution is 2.10. The van der Waals surface area contributed by atoms with Gasteiger partial charge in [0, 0.05) is 18.9 Å². The van der Waals surface area contributed by atoms with Crippen molar-refractivity contribution in [3.05, 3.63) is 48.4 Å². The Morgan fingerprint density at radius 1 is 1.26 bits per heavy atom. The summed E-state index contributed by atoms with van der Waals surface area (Å²) in [7, 11) is 0. The molecule has 1 amide bonds. The van der Waals surface area contributed by atoms with E-state index in [1.54, 1.807) is 36.7 Å². The molecule has 2 rings (SSSR count). The summed E-state index contributed by atoms with van der Waals surface area (Å²) < 4.78 is 0. The van der Waals surface area contributed by atoms with Gasteiger partial charge in [-0.05, 0) is 24.3 Å². The molecule has 0 aliphatic carbocycles. The highest BCUT2D eigenvalue weighted by atomic mass is 16.3. The van der Waals surface area contributed by atoms with Crippen LogP contribution in [0.3, 0.4) is 0 Å². The number of nitrogens with zero attached hydrogens (tertiary/aromatic N) is 2. The Morgan fingerprint density at radius 2 is 2.16 bits per heavy atom. The lowest BCUT2D eigenvalue weighted by Gasteiger charge is -2.06. The molecule has 0 bridgehead atoms. The van der Waals surface area contributed by atoms with Crippen LogP contribution in [0.25, 0.3) is 0 Å². The lowest BCUT2D eigenvalue weighted by molar-refractivity contribution is 0.102. The van der Waals surface area contributed by atoms with Crippen LogP contribution in [0.1, 0.15) is 10.4 Å². The van der Waals surface area contributed by atoms with Crippen LogP contribution in [0, 0.1) is 0 Å². The standard InChI is InChI=1S/C13H14N4O2/c18-7-6-15-12-4-3-11(9-16-12)17-13(19)10-2-1-5-14-8-10/h1-5,8-9,18H,6-7H2,(H,15,16)(H,17,19). The summed E-state index contributed by atoms with van der Waals surface area (Å²) >= 11 is 0. The first-order valence-electron chi connectivity index (χ1n) is 5.82. The summed E-state index contributed by atoms with van der Waals surface area (Å²) in [6.45, 7) is 0.482. The van der Waals surface area contributed by atoms with Crippen LogP contribution >= 0.6 is 0 Å². The monoisotopic (exact) mass is 258 g/mol. The van der Waals surface area contributed by atoms with Crippen molar-refractivity contribution in [2.75, 3.05) is 23.8 Å². The number of carbonyl (C=O) groups excluding carboxylic acids is 1. The number of aliphatic hydroxyl groups excluding tert-OH is 1. The molecule has 2 aromatic rings. The number of hydrogen-bond acceptors (Lipinski definition) is 5. The highest BCUT2D eigenvalue weighted by molar-refractivity contribution is 6.03. The van der Waals surface area contributed by atoms with Gasteiger partial charge in [0.2, 0.25) is 0 Å². The van der Waals surface area contributed by atoms with Crippen molar-refractivity contribution in [2.45, 2.75) is 0 Å². The zero-order chi connectivity index (χ0) is 13.5. The van der Waals surface area contributed by atoms with Gasteiger partial charge >= 0.3 is 0 Å². The van der Waals surface area contributed by atoms with Crippen LogP contribution < -0.4 is 10.6 Å². The van der Waals surface area contributed by atoms with Gasteiger partial charge in [0.1, 0.15) is 5.82 Å². The Labute approximate surface area is 110 Å². The van der Waals surface area contributed by atoms with Crippen molar-refractivity contribution in [3.63, 3.8) is 0 Å². The maximum Gasteiger partial charge on any atom is 0.257 e. The molecule has 3 N–H and O–H groups in total. The van der Waals surface area contributed by atoms with Gasteiger partial charge < -0.3 is 15.7 Å². The quantitative estimate of drug-likeness (QED) is 0.748. The molecular formula is C13H14N4O2. The second-order valence-electron chi connectivity index (χ2n) is 3.78. The van der Waals surface area contributed by atoms with Crippen LogP contribution in [-0.2, 0) is 0 Å². The fraction of sp³-hybridized carbons (Fsp3) is 0.154. The fourth-order valence-electron chi connectivity index (χ4n) is 1.46. The van der Waals surface area contributed by atoms with E-state index in [-0.39, 0.29) is 12.5 Å². The van der Waals surface area contributed by atoms with Gasteiger partial charge in [0.15, 0.2) is 0 Å². The van der Waals surface area contributed by atoms with Gasteiger partial charge in [-0.25, -0.2) is 4.98 Å². The molecule has 6 nitrogen and oxygen atoms in total. The number of carbonyl (C=O) groups is 1. The van der Waals surface area contributed by atoms with Crippen LogP contribution in [0.5, 0.6) is 0 Å². The summed E-state index contributed by atoms with van der Waals surface area (Å²) in [5, 5.41) is 14.3. The Balaban J connectivity index is 1.98. The molecule has 0 unspecified atom stereocenters. The van der Waals surface area contributed by atoms with Crippen molar-refractivity contribution < 1.29 is 9.90 Å². The van der Waals surface area contributed by atoms with E-state index in [0.717, 1.165) is 0 Å². The van der Waals surface area contributed by atoms with Gasteiger partial charge in [-0.2, -0.15) is 0 Å². The molecule has 0 radical (unpaired) electrons. The first-order valence-corrected chi connectivity index (χ1v) is 5.82. The minimum atomic E-state index is -0.231. The molecule has 0 aromatic carbocycles. The SMILES string of the molecule is O=C(Nc1ccc(NCCO)nc1)c1cccnc1. The zero-order valence-corrected chi connectivity index (χ0v) is 10.2. The number of pyridine rings is 2. The van der Waals surface area contributed by atoms with Gasteiger partial charge in [-0.1, -0.05) is 0 Å². The Kier molecular flexibility index (Phi) is 4.41. The average molecular weight is 258 g/mol. The summed E-state index contributed by atoms with van der Waals surface area (Å²) in [5.41, 5.74) is 1.09. The molecule has 0 fully saturated rings. The largest absolute Gasteiger partial charge is 0.395 e. The van der Waals surface area contributed by atoms with Crippen molar-refractivity contribution in [3.8, 4) is 0 Å². The minimum absolute atomic E-state index is 0.0428. The predicted molar refractivity (Wildman–Crippen MR) is 72.0 cm³/mol. The zero-order valence-electron chi connectivity index (χ0n) is 10.2. The Morgan fingerprint density at radius 3 is 2.79 bits per heavy atom. The molecule has 0 aliphatic rings. The Bertz CT molecular complexity index is 528. The van der Waals surface area contributed by atoms with Crippen molar-refractivity contribution in [1.82, 2.24) is 9.97 Å². The smallest absolute Gasteiger partial charge is 0.257 e. The lowest BCUT2D eigenvalue weighted by Crippen LogP contribution is -2.12. The molecule has 0 atom stereocenters. The molecule has 2 heterocycles. The van der Waals surface area contributed by atoms with E-state index in [1.807, 2.05) is 0 Å². The minimum Gasteiger partial charge on any atom is -0.395 e. The molecular weight excluding hydrogens is 244 g/mol. The van der Waals surface area contributed by atoms with Gasteiger partial charge in [-0.3, -0.25) is 9.78 Å². The number of aromatic nitrogens is 2. The van der Waals surface area contributed by atoms with E-state index in [9.17, 15) is 4.79 Å². The second-order valence-corrected chi connectivity index (χ2v) is 3.78. The summed E-state index contributed by atoms with van der Waals surface area (Å²) in [5.74, 6) is 0.416. The third-order valence-electron chi connectivity index (χ3n) is 2.36. The van der Waals surface area contributed by atoms with E-state index in [2.05, 4.69) is 20.6 Å². The lowest BCUT2D eigenvalue weighted by atomic mass is 10.2. The summed E-state index contributed by atoms with van der Waals surface area (Å²) in [6.07, 6.45) is 4.66. The third-order valence-corrected chi connectivity index (χ3v) is 2.36. The van der Waals surface area contributed by atoms with E-state index < -0.39 is 0 Å². The van der Waals surface area contributed by atoms with Crippen LogP contribution in [0.4, 0.5) is 11.5 Å². The fourth-order valence-corrected chi connectivity index (χ4v) is 1.46. The number of hydrogen-bond donors (Lipinski definition) is 3. The van der Waals surface area contributed by atoms with Gasteiger partial charge in [-0.15, -0.1) is 0 Å². The van der Waals surface area contributed by atoms with Crippen LogP contribution in [0.15, 0.2) is 42.9 Å². The Hall–Kier alpha value is -2.47. The maximum absolute atomic E-state index is 11.8. The molecule has 98 valence electrons. The first kappa shape index (κ1) is 13.0. The number of anilines is 2. The molecule has 2 aromatic heterocycles. The molecule has 0 saturated carbocycles. The van der Waals surface area contributed by atoms with E-state index in [0.29, 0.717) is 23.6 Å². The molecule has 0 saturated heterocycles. The molecule has 6 heteroatoms.